The number of rotatable bonds is 1. The number of benzene rings is 1. The number of anilines is 1. The Hall–Kier alpha value is -0.980. The van der Waals surface area contributed by atoms with Crippen molar-refractivity contribution in [3.63, 3.8) is 0 Å². The van der Waals surface area contributed by atoms with Gasteiger partial charge >= 0.3 is 0 Å². The van der Waals surface area contributed by atoms with E-state index in [2.05, 4.69) is 5.32 Å². The molecule has 1 heterocycles. The van der Waals surface area contributed by atoms with Crippen LogP contribution in [0.15, 0.2) is 17.0 Å². The summed E-state index contributed by atoms with van der Waals surface area (Å²) in [6.07, 6.45) is -0.791. The lowest BCUT2D eigenvalue weighted by molar-refractivity contribution is -0.122. The van der Waals surface area contributed by atoms with Crippen LogP contribution in [0.25, 0.3) is 0 Å². The maximum absolute atomic E-state index is 11.4. The van der Waals surface area contributed by atoms with Crippen LogP contribution >= 0.6 is 22.3 Å². The van der Waals surface area contributed by atoms with E-state index in [4.69, 9.17) is 27.0 Å². The molecule has 0 radical (unpaired) electrons. The van der Waals surface area contributed by atoms with E-state index in [0.29, 0.717) is 0 Å². The fraction of sp³-hybridized carbons (Fsp3) is 0.222. The summed E-state index contributed by atoms with van der Waals surface area (Å²) in [6.45, 7) is 1.50. The second kappa shape index (κ2) is 4.04. The molecule has 1 N–H and O–H groups in total. The van der Waals surface area contributed by atoms with Gasteiger partial charge in [0.25, 0.3) is 15.0 Å². The molecule has 0 aliphatic carbocycles. The van der Waals surface area contributed by atoms with Gasteiger partial charge in [-0.3, -0.25) is 4.79 Å². The van der Waals surface area contributed by atoms with Crippen molar-refractivity contribution in [1.82, 2.24) is 0 Å². The van der Waals surface area contributed by atoms with E-state index in [9.17, 15) is 13.2 Å². The number of hydrogen-bond donors (Lipinski definition) is 1. The molecule has 0 bridgehead atoms. The summed E-state index contributed by atoms with van der Waals surface area (Å²) >= 11 is 5.74. The summed E-state index contributed by atoms with van der Waals surface area (Å²) in [6, 6.07) is 2.57. The third-order valence-corrected chi connectivity index (χ3v) is 3.75. The van der Waals surface area contributed by atoms with Gasteiger partial charge in [0.15, 0.2) is 11.9 Å². The number of ether oxygens (including phenoxy) is 1. The molecule has 1 aromatic rings. The van der Waals surface area contributed by atoms with Crippen LogP contribution in [0.1, 0.15) is 6.92 Å². The van der Waals surface area contributed by atoms with E-state index >= 15 is 0 Å². The van der Waals surface area contributed by atoms with E-state index in [1.807, 2.05) is 0 Å². The molecule has 0 fully saturated rings. The Bertz CT molecular complexity index is 599. The van der Waals surface area contributed by atoms with Crippen molar-refractivity contribution < 1.29 is 17.9 Å². The maximum Gasteiger partial charge on any atom is 0.265 e. The zero-order valence-corrected chi connectivity index (χ0v) is 10.9. The number of nitrogens with one attached hydrogen (secondary N) is 1. The highest BCUT2D eigenvalue weighted by Crippen LogP contribution is 2.39. The Balaban J connectivity index is 2.68. The Morgan fingerprint density at radius 2 is 2.06 bits per heavy atom. The molecule has 92 valence electrons. The van der Waals surface area contributed by atoms with Gasteiger partial charge in [-0.1, -0.05) is 11.6 Å². The van der Waals surface area contributed by atoms with Gasteiger partial charge < -0.3 is 10.1 Å². The molecule has 0 saturated carbocycles. The Morgan fingerprint density at radius 1 is 1.41 bits per heavy atom. The van der Waals surface area contributed by atoms with Crippen molar-refractivity contribution in [2.24, 2.45) is 0 Å². The lowest BCUT2D eigenvalue weighted by atomic mass is 10.2. The SMILES string of the molecule is CC1Oc2c(cc(Cl)cc2S(=O)(=O)Cl)NC1=O. The number of hydrogen-bond acceptors (Lipinski definition) is 4. The first-order valence-electron chi connectivity index (χ1n) is 4.55. The van der Waals surface area contributed by atoms with Crippen molar-refractivity contribution >= 4 is 42.9 Å². The fourth-order valence-electron chi connectivity index (χ4n) is 1.43. The average molecular weight is 296 g/mol. The zero-order valence-electron chi connectivity index (χ0n) is 8.53. The van der Waals surface area contributed by atoms with E-state index < -0.39 is 15.2 Å². The molecule has 5 nitrogen and oxygen atoms in total. The summed E-state index contributed by atoms with van der Waals surface area (Å²) in [5.41, 5.74) is 0.194. The number of carbonyl (C=O) groups excluding carboxylic acids is 1. The highest BCUT2D eigenvalue weighted by atomic mass is 35.7. The van der Waals surface area contributed by atoms with Gasteiger partial charge in [0, 0.05) is 15.7 Å². The first-order valence-corrected chi connectivity index (χ1v) is 7.23. The number of fused-ring (bicyclic) bond motifs is 1. The number of halogens is 2. The van der Waals surface area contributed by atoms with Crippen LogP contribution in [0.3, 0.4) is 0 Å². The molecule has 1 aliphatic rings. The smallest absolute Gasteiger partial charge is 0.265 e. The van der Waals surface area contributed by atoms with Gasteiger partial charge in [-0.05, 0) is 19.1 Å². The molecule has 2 rings (SSSR count). The predicted molar refractivity (Wildman–Crippen MR) is 63.2 cm³/mol. The van der Waals surface area contributed by atoms with Crippen LogP contribution in [-0.4, -0.2) is 20.4 Å². The fourth-order valence-corrected chi connectivity index (χ4v) is 2.70. The van der Waals surface area contributed by atoms with Crippen molar-refractivity contribution in [3.8, 4) is 5.75 Å². The van der Waals surface area contributed by atoms with E-state index in [0.717, 1.165) is 0 Å². The molecule has 1 aliphatic heterocycles. The van der Waals surface area contributed by atoms with Crippen molar-refractivity contribution in [3.05, 3.63) is 17.2 Å². The summed E-state index contributed by atoms with van der Waals surface area (Å²) in [5.74, 6) is -0.366. The standard InChI is InChI=1S/C9H7Cl2NO4S/c1-4-9(13)12-6-2-5(10)3-7(8(6)16-4)17(11,14)15/h2-4H,1H3,(H,12,13). The summed E-state index contributed by atoms with van der Waals surface area (Å²) < 4.78 is 27.9. The molecule has 1 aromatic carbocycles. The number of carbonyl (C=O) groups is 1. The molecule has 17 heavy (non-hydrogen) atoms. The van der Waals surface area contributed by atoms with Gasteiger partial charge in [-0.25, -0.2) is 8.42 Å². The second-order valence-electron chi connectivity index (χ2n) is 3.47. The van der Waals surface area contributed by atoms with Crippen LogP contribution in [0.5, 0.6) is 5.75 Å². The van der Waals surface area contributed by atoms with Crippen molar-refractivity contribution in [2.75, 3.05) is 5.32 Å². The molecular formula is C9H7Cl2NO4S. The Labute approximate surface area is 107 Å². The molecule has 1 unspecified atom stereocenters. The first kappa shape index (κ1) is 12.5. The topological polar surface area (TPSA) is 72.5 Å². The quantitative estimate of drug-likeness (QED) is 0.804. The van der Waals surface area contributed by atoms with Crippen molar-refractivity contribution in [1.29, 1.82) is 0 Å². The molecule has 0 aromatic heterocycles. The summed E-state index contributed by atoms with van der Waals surface area (Å²) in [5, 5.41) is 2.63. The van der Waals surface area contributed by atoms with Crippen molar-refractivity contribution in [2.45, 2.75) is 17.9 Å². The van der Waals surface area contributed by atoms with E-state index in [1.54, 1.807) is 0 Å². The minimum atomic E-state index is -4.00. The van der Waals surface area contributed by atoms with Gasteiger partial charge in [0.2, 0.25) is 0 Å². The highest BCUT2D eigenvalue weighted by molar-refractivity contribution is 8.13. The van der Waals surface area contributed by atoms with Crippen LogP contribution in [0.4, 0.5) is 5.69 Å². The monoisotopic (exact) mass is 295 g/mol. The minimum Gasteiger partial charge on any atom is -0.477 e. The molecular weight excluding hydrogens is 289 g/mol. The van der Waals surface area contributed by atoms with E-state index in [-0.39, 0.29) is 27.3 Å². The van der Waals surface area contributed by atoms with Crippen LogP contribution < -0.4 is 10.1 Å². The molecule has 0 saturated heterocycles. The zero-order chi connectivity index (χ0) is 12.8. The molecule has 8 heteroatoms. The van der Waals surface area contributed by atoms with Gasteiger partial charge in [0.1, 0.15) is 4.90 Å². The first-order chi connectivity index (χ1) is 7.79. The second-order valence-corrected chi connectivity index (χ2v) is 6.44. The highest BCUT2D eigenvalue weighted by Gasteiger charge is 2.30. The Morgan fingerprint density at radius 3 is 2.65 bits per heavy atom. The third kappa shape index (κ3) is 2.34. The number of amides is 1. The average Bonchev–Trinajstić information content (AvgIpc) is 2.18. The van der Waals surface area contributed by atoms with Gasteiger partial charge in [-0.2, -0.15) is 0 Å². The molecule has 1 amide bonds. The summed E-state index contributed by atoms with van der Waals surface area (Å²) in [4.78, 5) is 11.1. The maximum atomic E-state index is 11.4. The normalized spacial score (nSPS) is 19.2. The summed E-state index contributed by atoms with van der Waals surface area (Å²) in [7, 11) is 1.28. The van der Waals surface area contributed by atoms with Crippen LogP contribution in [0, 0.1) is 0 Å². The third-order valence-electron chi connectivity index (χ3n) is 2.20. The van der Waals surface area contributed by atoms with Crippen LogP contribution in [0.2, 0.25) is 5.02 Å². The minimum absolute atomic E-state index is 0.0106. The largest absolute Gasteiger partial charge is 0.477 e. The molecule has 0 spiro atoms. The molecule has 1 atom stereocenters. The Kier molecular flexibility index (Phi) is 2.97. The van der Waals surface area contributed by atoms with Gasteiger partial charge in [0.05, 0.1) is 5.69 Å². The van der Waals surface area contributed by atoms with Crippen LogP contribution in [-0.2, 0) is 13.8 Å². The lowest BCUT2D eigenvalue weighted by Crippen LogP contribution is -2.34. The predicted octanol–water partition coefficient (Wildman–Crippen LogP) is 1.99. The van der Waals surface area contributed by atoms with E-state index in [1.165, 1.54) is 19.1 Å². The van der Waals surface area contributed by atoms with Gasteiger partial charge in [-0.15, -0.1) is 0 Å². The lowest BCUT2D eigenvalue weighted by Gasteiger charge is -2.24.